The lowest BCUT2D eigenvalue weighted by atomic mass is 9.97. The zero-order chi connectivity index (χ0) is 24.0. The molecule has 33 heavy (non-hydrogen) atoms. The summed E-state index contributed by atoms with van der Waals surface area (Å²) in [5, 5.41) is 12.4. The van der Waals surface area contributed by atoms with E-state index in [0.29, 0.717) is 24.6 Å². The van der Waals surface area contributed by atoms with Crippen molar-refractivity contribution in [1.82, 2.24) is 25.3 Å². The third kappa shape index (κ3) is 7.36. The first-order chi connectivity index (χ1) is 15.7. The highest BCUT2D eigenvalue weighted by Crippen LogP contribution is 2.30. The zero-order valence-electron chi connectivity index (χ0n) is 20.0. The van der Waals surface area contributed by atoms with Crippen LogP contribution in [0.3, 0.4) is 0 Å². The van der Waals surface area contributed by atoms with Gasteiger partial charge in [-0.25, -0.2) is 4.79 Å². The summed E-state index contributed by atoms with van der Waals surface area (Å²) in [6, 6.07) is 0. The molecular weight excluding hydrogens is 446 g/mol. The number of hydrogen-bond donors (Lipinski definition) is 1. The Morgan fingerprint density at radius 2 is 1.73 bits per heavy atom. The molecule has 2 amide bonds. The molecule has 0 bridgehead atoms. The summed E-state index contributed by atoms with van der Waals surface area (Å²) < 4.78 is 10.3. The highest BCUT2D eigenvalue weighted by Gasteiger charge is 2.30. The summed E-state index contributed by atoms with van der Waals surface area (Å²) in [5.74, 6) is -0.171. The highest BCUT2D eigenvalue weighted by atomic mass is 32.1. The van der Waals surface area contributed by atoms with Crippen LogP contribution in [0.5, 0.6) is 0 Å². The summed E-state index contributed by atoms with van der Waals surface area (Å²) >= 11 is 1.33. The van der Waals surface area contributed by atoms with Crippen molar-refractivity contribution in [3.63, 3.8) is 0 Å². The van der Waals surface area contributed by atoms with Crippen molar-refractivity contribution in [3.05, 3.63) is 10.0 Å². The van der Waals surface area contributed by atoms with Crippen LogP contribution in [0.1, 0.15) is 67.2 Å². The Kier molecular flexibility index (Phi) is 8.63. The number of methoxy groups -OCH3 is 1. The fourth-order valence-electron chi connectivity index (χ4n) is 4.09. The molecule has 11 heteroatoms. The zero-order valence-corrected chi connectivity index (χ0v) is 20.8. The predicted molar refractivity (Wildman–Crippen MR) is 123 cm³/mol. The molecule has 0 aromatic carbocycles. The van der Waals surface area contributed by atoms with Gasteiger partial charge in [-0.05, 0) is 59.5 Å². The molecule has 0 saturated carbocycles. The van der Waals surface area contributed by atoms with Crippen molar-refractivity contribution in [2.45, 2.75) is 58.0 Å². The van der Waals surface area contributed by atoms with Gasteiger partial charge >= 0.3 is 12.1 Å². The van der Waals surface area contributed by atoms with E-state index in [1.807, 2.05) is 20.8 Å². The van der Waals surface area contributed by atoms with Crippen LogP contribution in [0, 0.1) is 5.92 Å². The lowest BCUT2D eigenvalue weighted by Crippen LogP contribution is -2.41. The van der Waals surface area contributed by atoms with E-state index in [-0.39, 0.29) is 29.8 Å². The maximum atomic E-state index is 12.5. The van der Waals surface area contributed by atoms with Gasteiger partial charge in [0.15, 0.2) is 0 Å². The minimum Gasteiger partial charge on any atom is -0.469 e. The van der Waals surface area contributed by atoms with Crippen LogP contribution >= 0.6 is 11.3 Å². The number of likely N-dealkylation sites (tertiary alicyclic amines) is 2. The standard InChI is InChI=1S/C22H35N5O5S/c1-22(2,3)32-21(30)27-12-7-15(8-13-27)18-24-25-19(33-18)17(28)23-9-14-26-10-5-16(6-11-26)20(29)31-4/h15-16H,5-14H2,1-4H3,(H,23,28). The van der Waals surface area contributed by atoms with Crippen LogP contribution in [0.25, 0.3) is 0 Å². The van der Waals surface area contributed by atoms with Crippen molar-refractivity contribution >= 4 is 29.3 Å². The molecule has 2 saturated heterocycles. The van der Waals surface area contributed by atoms with Crippen molar-refractivity contribution in [2.75, 3.05) is 46.4 Å². The largest absolute Gasteiger partial charge is 0.469 e. The lowest BCUT2D eigenvalue weighted by Gasteiger charge is -2.32. The molecule has 0 unspecified atom stereocenters. The number of aromatic nitrogens is 2. The Balaban J connectivity index is 1.38. The van der Waals surface area contributed by atoms with E-state index >= 15 is 0 Å². The van der Waals surface area contributed by atoms with Crippen LogP contribution in [0.2, 0.25) is 0 Å². The minimum atomic E-state index is -0.505. The summed E-state index contributed by atoms with van der Waals surface area (Å²) in [4.78, 5) is 40.3. The molecule has 0 radical (unpaired) electrons. The maximum Gasteiger partial charge on any atom is 0.410 e. The number of carbonyl (C=O) groups excluding carboxylic acids is 3. The quantitative estimate of drug-likeness (QED) is 0.616. The number of ether oxygens (including phenoxy) is 2. The van der Waals surface area contributed by atoms with Crippen LogP contribution in [0.4, 0.5) is 4.79 Å². The van der Waals surface area contributed by atoms with Gasteiger partial charge in [0.25, 0.3) is 5.91 Å². The summed E-state index contributed by atoms with van der Waals surface area (Å²) in [5.41, 5.74) is -0.505. The molecule has 0 atom stereocenters. The van der Waals surface area contributed by atoms with Crippen molar-refractivity contribution in [2.24, 2.45) is 5.92 Å². The predicted octanol–water partition coefficient (Wildman–Crippen LogP) is 2.27. The fraction of sp³-hybridized carbons (Fsp3) is 0.773. The van der Waals surface area contributed by atoms with Gasteiger partial charge in [0.1, 0.15) is 10.6 Å². The highest BCUT2D eigenvalue weighted by molar-refractivity contribution is 7.13. The lowest BCUT2D eigenvalue weighted by molar-refractivity contribution is -0.147. The molecule has 2 aliphatic rings. The molecule has 10 nitrogen and oxygen atoms in total. The van der Waals surface area contributed by atoms with Gasteiger partial charge in [0.05, 0.1) is 13.0 Å². The number of piperidine rings is 2. The molecule has 1 aromatic heterocycles. The average Bonchev–Trinajstić information content (AvgIpc) is 3.28. The first kappa shape index (κ1) is 25.4. The molecule has 184 valence electrons. The Bertz CT molecular complexity index is 823. The maximum absolute atomic E-state index is 12.5. The van der Waals surface area contributed by atoms with Crippen molar-refractivity contribution < 1.29 is 23.9 Å². The number of carbonyl (C=O) groups is 3. The number of rotatable bonds is 6. The number of esters is 1. The van der Waals surface area contributed by atoms with Crippen molar-refractivity contribution in [3.8, 4) is 0 Å². The van der Waals surface area contributed by atoms with Crippen LogP contribution in [-0.4, -0.2) is 89.9 Å². The molecule has 1 aromatic rings. The third-order valence-corrected chi connectivity index (χ3v) is 7.05. The Hall–Kier alpha value is -2.27. The molecule has 2 aliphatic heterocycles. The van der Waals surface area contributed by atoms with Gasteiger partial charge in [0, 0.05) is 32.1 Å². The van der Waals surface area contributed by atoms with Gasteiger partial charge < -0.3 is 24.6 Å². The van der Waals surface area contributed by atoms with E-state index in [9.17, 15) is 14.4 Å². The van der Waals surface area contributed by atoms with E-state index in [2.05, 4.69) is 20.4 Å². The molecule has 1 N–H and O–H groups in total. The minimum absolute atomic E-state index is 0.0170. The molecule has 3 heterocycles. The Morgan fingerprint density at radius 1 is 1.06 bits per heavy atom. The van der Waals surface area contributed by atoms with Crippen LogP contribution in [0.15, 0.2) is 0 Å². The SMILES string of the molecule is COC(=O)C1CCN(CCNC(=O)c2nnc(C3CCN(C(=O)OC(C)(C)C)CC3)s2)CC1. The fourth-order valence-corrected chi connectivity index (χ4v) is 5.02. The summed E-state index contributed by atoms with van der Waals surface area (Å²) in [6.07, 6.45) is 2.83. The number of hydrogen-bond acceptors (Lipinski definition) is 9. The van der Waals surface area contributed by atoms with E-state index in [1.54, 1.807) is 4.90 Å². The smallest absolute Gasteiger partial charge is 0.410 e. The van der Waals surface area contributed by atoms with Crippen molar-refractivity contribution in [1.29, 1.82) is 0 Å². The molecule has 0 aliphatic carbocycles. The van der Waals surface area contributed by atoms with Gasteiger partial charge in [0.2, 0.25) is 5.01 Å². The van der Waals surface area contributed by atoms with Gasteiger partial charge in [-0.15, -0.1) is 10.2 Å². The topological polar surface area (TPSA) is 114 Å². The Labute approximate surface area is 199 Å². The van der Waals surface area contributed by atoms with E-state index < -0.39 is 5.60 Å². The number of nitrogens with zero attached hydrogens (tertiary/aromatic N) is 4. The molecule has 0 spiro atoms. The van der Waals surface area contributed by atoms with E-state index in [4.69, 9.17) is 9.47 Å². The van der Waals surface area contributed by atoms with Gasteiger partial charge in [-0.3, -0.25) is 9.59 Å². The van der Waals surface area contributed by atoms with Crippen LogP contribution < -0.4 is 5.32 Å². The molecule has 3 rings (SSSR count). The third-order valence-electron chi connectivity index (χ3n) is 5.97. The second-order valence-electron chi connectivity index (χ2n) is 9.58. The summed E-state index contributed by atoms with van der Waals surface area (Å²) in [7, 11) is 1.43. The monoisotopic (exact) mass is 481 g/mol. The second-order valence-corrected chi connectivity index (χ2v) is 10.6. The van der Waals surface area contributed by atoms with E-state index in [1.165, 1.54) is 18.4 Å². The average molecular weight is 482 g/mol. The van der Waals surface area contributed by atoms with E-state index in [0.717, 1.165) is 50.3 Å². The van der Waals surface area contributed by atoms with Gasteiger partial charge in [-0.2, -0.15) is 0 Å². The number of amides is 2. The first-order valence-corrected chi connectivity index (χ1v) is 12.4. The first-order valence-electron chi connectivity index (χ1n) is 11.6. The number of nitrogens with one attached hydrogen (secondary N) is 1. The molecule has 2 fully saturated rings. The summed E-state index contributed by atoms with van der Waals surface area (Å²) in [6.45, 7) is 9.68. The Morgan fingerprint density at radius 3 is 2.33 bits per heavy atom. The second kappa shape index (κ2) is 11.2. The van der Waals surface area contributed by atoms with Gasteiger partial charge in [-0.1, -0.05) is 11.3 Å². The normalized spacial score (nSPS) is 18.7. The molecular formula is C22H35N5O5S. The van der Waals surface area contributed by atoms with Crippen LogP contribution in [-0.2, 0) is 14.3 Å².